The van der Waals surface area contributed by atoms with Gasteiger partial charge < -0.3 is 5.32 Å². The number of carbonyl (C=O) groups is 1. The number of amides is 1. The van der Waals surface area contributed by atoms with Crippen LogP contribution < -0.4 is 5.32 Å². The van der Waals surface area contributed by atoms with Crippen molar-refractivity contribution in [3.05, 3.63) is 78.6 Å². The van der Waals surface area contributed by atoms with Gasteiger partial charge in [-0.1, -0.05) is 42.5 Å². The van der Waals surface area contributed by atoms with Gasteiger partial charge in [0.15, 0.2) is 0 Å². The van der Waals surface area contributed by atoms with E-state index in [1.54, 1.807) is 18.0 Å². The molecule has 0 aliphatic carbocycles. The maximum atomic E-state index is 12.5. The van der Waals surface area contributed by atoms with E-state index in [1.165, 1.54) is 0 Å². The predicted molar refractivity (Wildman–Crippen MR) is 102 cm³/mol. The average molecular weight is 347 g/mol. The summed E-state index contributed by atoms with van der Waals surface area (Å²) in [7, 11) is 0. The molecule has 4 nitrogen and oxygen atoms in total. The largest absolute Gasteiger partial charge is 0.351 e. The van der Waals surface area contributed by atoms with E-state index in [1.807, 2.05) is 60.8 Å². The van der Waals surface area contributed by atoms with E-state index in [0.717, 1.165) is 32.8 Å². The molecule has 25 heavy (non-hydrogen) atoms. The Morgan fingerprint density at radius 1 is 1.04 bits per heavy atom. The Bertz CT molecular complexity index is 1040. The molecule has 0 bridgehead atoms. The van der Waals surface area contributed by atoms with Crippen molar-refractivity contribution >= 4 is 34.1 Å². The number of fused-ring (bicyclic) bond motifs is 2. The van der Waals surface area contributed by atoms with E-state index in [2.05, 4.69) is 20.8 Å². The van der Waals surface area contributed by atoms with Crippen molar-refractivity contribution in [1.29, 1.82) is 0 Å². The summed E-state index contributed by atoms with van der Waals surface area (Å²) in [6.45, 7) is 0.609. The van der Waals surface area contributed by atoms with Crippen LogP contribution in [0, 0.1) is 0 Å². The predicted octanol–water partition coefficient (Wildman–Crippen LogP) is 4.01. The van der Waals surface area contributed by atoms with Crippen molar-refractivity contribution in [1.82, 2.24) is 14.7 Å². The first-order valence-electron chi connectivity index (χ1n) is 8.14. The van der Waals surface area contributed by atoms with Gasteiger partial charge >= 0.3 is 0 Å². The third kappa shape index (κ3) is 3.23. The number of benzene rings is 2. The van der Waals surface area contributed by atoms with Crippen LogP contribution in [0.1, 0.15) is 10.4 Å². The zero-order chi connectivity index (χ0) is 17.1. The minimum absolute atomic E-state index is 0.0294. The minimum Gasteiger partial charge on any atom is -0.351 e. The Hall–Kier alpha value is -2.79. The third-order valence-electron chi connectivity index (χ3n) is 4.06. The van der Waals surface area contributed by atoms with Gasteiger partial charge in [0.1, 0.15) is 5.65 Å². The van der Waals surface area contributed by atoms with Crippen LogP contribution in [0.5, 0.6) is 0 Å². The second-order valence-electron chi connectivity index (χ2n) is 5.65. The summed E-state index contributed by atoms with van der Waals surface area (Å²) in [6.07, 6.45) is 3.74. The molecule has 0 saturated carbocycles. The summed E-state index contributed by atoms with van der Waals surface area (Å²) in [5.41, 5.74) is 1.66. The van der Waals surface area contributed by atoms with Crippen LogP contribution in [-0.4, -0.2) is 27.6 Å². The van der Waals surface area contributed by atoms with Gasteiger partial charge in [0.25, 0.3) is 5.91 Å². The fourth-order valence-corrected chi connectivity index (χ4v) is 3.76. The molecule has 0 aliphatic rings. The van der Waals surface area contributed by atoms with Gasteiger partial charge in [0, 0.05) is 30.3 Å². The van der Waals surface area contributed by atoms with Gasteiger partial charge in [-0.2, -0.15) is 0 Å². The van der Waals surface area contributed by atoms with Crippen molar-refractivity contribution in [3.63, 3.8) is 0 Å². The Kier molecular flexibility index (Phi) is 4.39. The molecule has 0 atom stereocenters. The maximum Gasteiger partial charge on any atom is 0.251 e. The molecule has 0 unspecified atom stereocenters. The Morgan fingerprint density at radius 2 is 1.88 bits per heavy atom. The maximum absolute atomic E-state index is 12.5. The smallest absolute Gasteiger partial charge is 0.251 e. The molecular formula is C20H17N3OS. The number of imidazole rings is 1. The van der Waals surface area contributed by atoms with Crippen LogP contribution >= 0.6 is 11.8 Å². The molecule has 124 valence electrons. The van der Waals surface area contributed by atoms with Gasteiger partial charge in [-0.25, -0.2) is 4.98 Å². The lowest BCUT2D eigenvalue weighted by Gasteiger charge is -2.09. The topological polar surface area (TPSA) is 46.4 Å². The van der Waals surface area contributed by atoms with E-state index in [9.17, 15) is 4.79 Å². The van der Waals surface area contributed by atoms with Crippen molar-refractivity contribution in [2.75, 3.05) is 12.3 Å². The van der Waals surface area contributed by atoms with Crippen molar-refractivity contribution in [3.8, 4) is 0 Å². The second-order valence-corrected chi connectivity index (χ2v) is 6.77. The van der Waals surface area contributed by atoms with Crippen LogP contribution in [0.15, 0.2) is 78.1 Å². The number of hydrogen-bond donors (Lipinski definition) is 1. The van der Waals surface area contributed by atoms with Gasteiger partial charge in [-0.15, -0.1) is 11.8 Å². The number of nitrogens with zero attached hydrogens (tertiary/aromatic N) is 2. The summed E-state index contributed by atoms with van der Waals surface area (Å²) in [5, 5.41) is 6.20. The molecule has 0 spiro atoms. The van der Waals surface area contributed by atoms with Crippen molar-refractivity contribution in [2.45, 2.75) is 5.03 Å². The molecule has 1 N–H and O–H groups in total. The molecule has 0 radical (unpaired) electrons. The molecular weight excluding hydrogens is 330 g/mol. The normalized spacial score (nSPS) is 11.0. The van der Waals surface area contributed by atoms with Gasteiger partial charge in [-0.05, 0) is 29.0 Å². The zero-order valence-electron chi connectivity index (χ0n) is 13.6. The highest BCUT2D eigenvalue weighted by molar-refractivity contribution is 7.99. The quantitative estimate of drug-likeness (QED) is 0.438. The lowest BCUT2D eigenvalue weighted by atomic mass is 10.0. The molecule has 0 aliphatic heterocycles. The molecule has 0 fully saturated rings. The van der Waals surface area contributed by atoms with Gasteiger partial charge in [0.05, 0.1) is 5.03 Å². The van der Waals surface area contributed by atoms with Crippen LogP contribution in [0.4, 0.5) is 0 Å². The molecule has 2 aromatic carbocycles. The Labute approximate surface area is 149 Å². The lowest BCUT2D eigenvalue weighted by molar-refractivity contribution is 0.0958. The summed E-state index contributed by atoms with van der Waals surface area (Å²) in [6, 6.07) is 19.8. The third-order valence-corrected chi connectivity index (χ3v) is 5.10. The number of nitrogens with one attached hydrogen (secondary N) is 1. The number of hydrogen-bond acceptors (Lipinski definition) is 3. The summed E-state index contributed by atoms with van der Waals surface area (Å²) >= 11 is 1.70. The van der Waals surface area contributed by atoms with Crippen LogP contribution in [0.3, 0.4) is 0 Å². The summed E-state index contributed by atoms with van der Waals surface area (Å²) in [5.74, 6) is 0.770. The van der Waals surface area contributed by atoms with E-state index in [-0.39, 0.29) is 5.91 Å². The van der Waals surface area contributed by atoms with Crippen molar-refractivity contribution < 1.29 is 4.79 Å². The first-order valence-corrected chi connectivity index (χ1v) is 9.12. The van der Waals surface area contributed by atoms with Gasteiger partial charge in [-0.3, -0.25) is 9.20 Å². The molecule has 2 aromatic heterocycles. The summed E-state index contributed by atoms with van der Waals surface area (Å²) < 4.78 is 2.05. The minimum atomic E-state index is -0.0294. The van der Waals surface area contributed by atoms with E-state index >= 15 is 0 Å². The van der Waals surface area contributed by atoms with E-state index in [0.29, 0.717) is 6.54 Å². The molecule has 1 amide bonds. The van der Waals surface area contributed by atoms with E-state index < -0.39 is 0 Å². The first-order chi connectivity index (χ1) is 12.3. The highest BCUT2D eigenvalue weighted by Gasteiger charge is 2.09. The van der Waals surface area contributed by atoms with Crippen LogP contribution in [-0.2, 0) is 0 Å². The molecule has 0 saturated heterocycles. The Balaban J connectivity index is 1.40. The fourth-order valence-electron chi connectivity index (χ4n) is 2.88. The SMILES string of the molecule is O=C(NCCSc1cccc2nccn12)c1cccc2ccccc12. The van der Waals surface area contributed by atoms with Crippen LogP contribution in [0.25, 0.3) is 16.4 Å². The first kappa shape index (κ1) is 15.7. The Morgan fingerprint density at radius 3 is 2.84 bits per heavy atom. The highest BCUT2D eigenvalue weighted by atomic mass is 32.2. The molecule has 5 heteroatoms. The van der Waals surface area contributed by atoms with Gasteiger partial charge in [0.2, 0.25) is 0 Å². The lowest BCUT2D eigenvalue weighted by Crippen LogP contribution is -2.25. The average Bonchev–Trinajstić information content (AvgIpc) is 3.14. The monoisotopic (exact) mass is 347 g/mol. The number of carbonyl (C=O) groups excluding carboxylic acids is 1. The number of pyridine rings is 1. The standard InChI is InChI=1S/C20H17N3OS/c24-20(17-8-3-6-15-5-1-2-7-16(15)17)22-12-14-25-19-10-4-9-18-21-11-13-23(18)19/h1-11,13H,12,14H2,(H,22,24). The fraction of sp³-hybridized carbons (Fsp3) is 0.100. The molecule has 4 aromatic rings. The number of aromatic nitrogens is 2. The number of thioether (sulfide) groups is 1. The second kappa shape index (κ2) is 6.99. The number of rotatable bonds is 5. The molecule has 4 rings (SSSR count). The van der Waals surface area contributed by atoms with E-state index in [4.69, 9.17) is 0 Å². The van der Waals surface area contributed by atoms with Crippen molar-refractivity contribution in [2.24, 2.45) is 0 Å². The zero-order valence-corrected chi connectivity index (χ0v) is 14.4. The highest BCUT2D eigenvalue weighted by Crippen LogP contribution is 2.20. The molecule has 2 heterocycles. The summed E-state index contributed by atoms with van der Waals surface area (Å²) in [4.78, 5) is 16.8. The van der Waals surface area contributed by atoms with Crippen LogP contribution in [0.2, 0.25) is 0 Å².